The van der Waals surface area contributed by atoms with E-state index in [0.717, 1.165) is 12.8 Å². The summed E-state index contributed by atoms with van der Waals surface area (Å²) in [4.78, 5) is 10.2. The lowest BCUT2D eigenvalue weighted by Gasteiger charge is -2.05. The lowest BCUT2D eigenvalue weighted by atomic mass is 10.0. The van der Waals surface area contributed by atoms with Gasteiger partial charge in [0.15, 0.2) is 0 Å². The summed E-state index contributed by atoms with van der Waals surface area (Å²) in [6.07, 6.45) is 12.3. The van der Waals surface area contributed by atoms with Gasteiger partial charge in [-0.25, -0.2) is 0 Å². The zero-order chi connectivity index (χ0) is 11.4. The number of esters is 1. The van der Waals surface area contributed by atoms with Crippen molar-refractivity contribution in [2.75, 3.05) is 6.61 Å². The Kier molecular flexibility index (Phi) is 11.1. The van der Waals surface area contributed by atoms with Crippen molar-refractivity contribution in [1.29, 1.82) is 0 Å². The second-order valence-electron chi connectivity index (χ2n) is 4.17. The van der Waals surface area contributed by atoms with E-state index in [0.29, 0.717) is 6.61 Å². The molecule has 0 aromatic rings. The predicted molar refractivity (Wildman–Crippen MR) is 63.9 cm³/mol. The molecule has 0 aliphatic heterocycles. The van der Waals surface area contributed by atoms with E-state index in [1.165, 1.54) is 51.9 Å². The highest BCUT2D eigenvalue weighted by Crippen LogP contribution is 2.15. The maximum Gasteiger partial charge on any atom is 0.302 e. The first-order valence-electron chi connectivity index (χ1n) is 6.40. The summed E-state index contributed by atoms with van der Waals surface area (Å²) in [5, 5.41) is 0. The van der Waals surface area contributed by atoms with Crippen molar-refractivity contribution in [3.8, 4) is 0 Å². The van der Waals surface area contributed by atoms with Crippen LogP contribution in [0.2, 0.25) is 0 Å². The fraction of sp³-hybridized carbons (Fsp3) is 0.923. The number of ether oxygens (including phenoxy) is 1. The molecule has 0 aromatic heterocycles. The van der Waals surface area contributed by atoms with Crippen molar-refractivity contribution in [3.05, 3.63) is 0 Å². The lowest BCUT2D eigenvalue weighted by Crippen LogP contribution is -1.99. The van der Waals surface area contributed by atoms with Crippen LogP contribution in [0.1, 0.15) is 71.6 Å². The van der Waals surface area contributed by atoms with Crippen molar-refractivity contribution in [2.45, 2.75) is 71.6 Å². The molecule has 1 aliphatic carbocycles. The fourth-order valence-corrected chi connectivity index (χ4v) is 1.63. The molecule has 0 amide bonds. The molecule has 0 radical (unpaired) electrons. The van der Waals surface area contributed by atoms with Crippen LogP contribution >= 0.6 is 0 Å². The molecule has 0 spiro atoms. The third-order valence-corrected chi connectivity index (χ3v) is 2.55. The molecule has 90 valence electrons. The average molecular weight is 214 g/mol. The van der Waals surface area contributed by atoms with Crippen LogP contribution in [0.3, 0.4) is 0 Å². The molecule has 1 fully saturated rings. The molecule has 0 saturated heterocycles. The Hall–Kier alpha value is -0.530. The van der Waals surface area contributed by atoms with Crippen molar-refractivity contribution in [3.63, 3.8) is 0 Å². The number of hydrogen-bond donors (Lipinski definition) is 0. The van der Waals surface area contributed by atoms with Gasteiger partial charge in [0.05, 0.1) is 6.61 Å². The molecular formula is C13H26O2. The molecule has 15 heavy (non-hydrogen) atoms. The van der Waals surface area contributed by atoms with E-state index in [2.05, 4.69) is 6.92 Å². The first kappa shape index (κ1) is 14.5. The molecule has 1 aliphatic rings. The van der Waals surface area contributed by atoms with E-state index in [-0.39, 0.29) is 5.97 Å². The SMILES string of the molecule is C1CCCCC1.CCCCCOC(C)=O. The Balaban J connectivity index is 0.000000280. The smallest absolute Gasteiger partial charge is 0.302 e. The van der Waals surface area contributed by atoms with Crippen LogP contribution in [0.5, 0.6) is 0 Å². The normalized spacial score (nSPS) is 15.1. The average Bonchev–Trinajstić information content (AvgIpc) is 2.28. The summed E-state index contributed by atoms with van der Waals surface area (Å²) in [6, 6.07) is 0. The molecule has 1 saturated carbocycles. The number of unbranched alkanes of at least 4 members (excludes halogenated alkanes) is 2. The highest BCUT2D eigenvalue weighted by molar-refractivity contribution is 5.65. The van der Waals surface area contributed by atoms with Crippen molar-refractivity contribution < 1.29 is 9.53 Å². The van der Waals surface area contributed by atoms with Crippen molar-refractivity contribution >= 4 is 5.97 Å². The lowest BCUT2D eigenvalue weighted by molar-refractivity contribution is -0.141. The first-order valence-corrected chi connectivity index (χ1v) is 6.40. The summed E-state index contributed by atoms with van der Waals surface area (Å²) < 4.78 is 4.70. The monoisotopic (exact) mass is 214 g/mol. The summed E-state index contributed by atoms with van der Waals surface area (Å²) in [7, 11) is 0. The first-order chi connectivity index (χ1) is 7.27. The predicted octanol–water partition coefficient (Wildman–Crippen LogP) is 4.08. The van der Waals surface area contributed by atoms with Crippen LogP contribution in [0.15, 0.2) is 0 Å². The minimum absolute atomic E-state index is 0.175. The quantitative estimate of drug-likeness (QED) is 0.520. The van der Waals surface area contributed by atoms with E-state index in [1.54, 1.807) is 0 Å². The van der Waals surface area contributed by atoms with Gasteiger partial charge in [-0.15, -0.1) is 0 Å². The van der Waals surface area contributed by atoms with Gasteiger partial charge in [0, 0.05) is 6.92 Å². The highest BCUT2D eigenvalue weighted by Gasteiger charge is 1.95. The topological polar surface area (TPSA) is 26.3 Å². The third kappa shape index (κ3) is 13.5. The van der Waals surface area contributed by atoms with Gasteiger partial charge < -0.3 is 4.74 Å². The van der Waals surface area contributed by atoms with Crippen molar-refractivity contribution in [1.82, 2.24) is 0 Å². The Bertz CT molecular complexity index is 128. The van der Waals surface area contributed by atoms with Gasteiger partial charge in [-0.3, -0.25) is 4.79 Å². The van der Waals surface area contributed by atoms with Gasteiger partial charge >= 0.3 is 5.97 Å². The summed E-state index contributed by atoms with van der Waals surface area (Å²) in [5.74, 6) is -0.175. The Morgan fingerprint density at radius 1 is 1.00 bits per heavy atom. The van der Waals surface area contributed by atoms with Gasteiger partial charge in [-0.1, -0.05) is 58.3 Å². The largest absolute Gasteiger partial charge is 0.466 e. The van der Waals surface area contributed by atoms with Crippen LogP contribution < -0.4 is 0 Å². The molecule has 0 atom stereocenters. The fourth-order valence-electron chi connectivity index (χ4n) is 1.63. The minimum atomic E-state index is -0.175. The van der Waals surface area contributed by atoms with E-state index >= 15 is 0 Å². The third-order valence-electron chi connectivity index (χ3n) is 2.55. The van der Waals surface area contributed by atoms with E-state index < -0.39 is 0 Å². The molecule has 0 aromatic carbocycles. The van der Waals surface area contributed by atoms with E-state index in [9.17, 15) is 4.79 Å². The van der Waals surface area contributed by atoms with Gasteiger partial charge in [-0.05, 0) is 6.42 Å². The van der Waals surface area contributed by atoms with E-state index in [1.807, 2.05) is 0 Å². The molecule has 2 heteroatoms. The van der Waals surface area contributed by atoms with Crippen LogP contribution in [0.4, 0.5) is 0 Å². The Morgan fingerprint density at radius 2 is 1.47 bits per heavy atom. The highest BCUT2D eigenvalue weighted by atomic mass is 16.5. The molecular weight excluding hydrogens is 188 g/mol. The van der Waals surface area contributed by atoms with Gasteiger partial charge in [-0.2, -0.15) is 0 Å². The van der Waals surface area contributed by atoms with Crippen LogP contribution in [0.25, 0.3) is 0 Å². The molecule has 1 rings (SSSR count). The molecule has 0 heterocycles. The maximum atomic E-state index is 10.2. The number of carbonyl (C=O) groups is 1. The van der Waals surface area contributed by atoms with E-state index in [4.69, 9.17) is 4.74 Å². The molecule has 0 unspecified atom stereocenters. The van der Waals surface area contributed by atoms with Gasteiger partial charge in [0.1, 0.15) is 0 Å². The zero-order valence-electron chi connectivity index (χ0n) is 10.4. The second-order valence-corrected chi connectivity index (χ2v) is 4.17. The van der Waals surface area contributed by atoms with Crippen molar-refractivity contribution in [2.24, 2.45) is 0 Å². The minimum Gasteiger partial charge on any atom is -0.466 e. The summed E-state index contributed by atoms with van der Waals surface area (Å²) in [6.45, 7) is 4.14. The standard InChI is InChI=1S/C7H14O2.C6H12/c1-3-4-5-6-9-7(2)8;1-2-4-6-5-3-1/h3-6H2,1-2H3;1-6H2. The van der Waals surface area contributed by atoms with Crippen LogP contribution in [-0.2, 0) is 9.53 Å². The number of rotatable bonds is 4. The van der Waals surface area contributed by atoms with Crippen LogP contribution in [-0.4, -0.2) is 12.6 Å². The Labute approximate surface area is 94.4 Å². The number of hydrogen-bond acceptors (Lipinski definition) is 2. The zero-order valence-corrected chi connectivity index (χ0v) is 10.4. The number of carbonyl (C=O) groups excluding carboxylic acids is 1. The molecule has 0 bridgehead atoms. The second kappa shape index (κ2) is 11.5. The molecule has 0 N–H and O–H groups in total. The Morgan fingerprint density at radius 3 is 1.80 bits per heavy atom. The van der Waals surface area contributed by atoms with Gasteiger partial charge in [0.25, 0.3) is 0 Å². The summed E-state index contributed by atoms with van der Waals surface area (Å²) in [5.41, 5.74) is 0. The van der Waals surface area contributed by atoms with Crippen LogP contribution in [0, 0.1) is 0 Å². The summed E-state index contributed by atoms with van der Waals surface area (Å²) >= 11 is 0. The van der Waals surface area contributed by atoms with Gasteiger partial charge in [0.2, 0.25) is 0 Å². The maximum absolute atomic E-state index is 10.2. The molecule has 2 nitrogen and oxygen atoms in total.